The summed E-state index contributed by atoms with van der Waals surface area (Å²) in [6, 6.07) is 3.31. The Bertz CT molecular complexity index is 440. The van der Waals surface area contributed by atoms with E-state index in [0.29, 0.717) is 5.56 Å². The van der Waals surface area contributed by atoms with E-state index in [1.54, 1.807) is 39.1 Å². The van der Waals surface area contributed by atoms with Gasteiger partial charge in [-0.05, 0) is 32.4 Å². The molecule has 1 amide bonds. The molecule has 0 unspecified atom stereocenters. The number of carbonyl (C=O) groups excluding carboxylic acids is 1. The Kier molecular flexibility index (Phi) is 4.86. The van der Waals surface area contributed by atoms with Crippen LogP contribution in [0.5, 0.6) is 0 Å². The van der Waals surface area contributed by atoms with Crippen molar-refractivity contribution in [3.8, 4) is 0 Å². The van der Waals surface area contributed by atoms with Gasteiger partial charge in [0.2, 0.25) is 0 Å². The van der Waals surface area contributed by atoms with Gasteiger partial charge in [0.1, 0.15) is 11.5 Å². The van der Waals surface area contributed by atoms with E-state index in [4.69, 9.17) is 9.84 Å². The van der Waals surface area contributed by atoms with Gasteiger partial charge in [-0.1, -0.05) is 6.07 Å². The monoisotopic (exact) mass is 266 g/mol. The van der Waals surface area contributed by atoms with Crippen LogP contribution in [-0.4, -0.2) is 34.3 Å². The lowest BCUT2D eigenvalue weighted by molar-refractivity contribution is -0.138. The molecule has 0 spiro atoms. The zero-order chi connectivity index (χ0) is 14.5. The summed E-state index contributed by atoms with van der Waals surface area (Å²) in [6.07, 6.45) is 2.39. The largest absolute Gasteiger partial charge is 0.481 e. The number of nitrogens with one attached hydrogen (secondary N) is 1. The van der Waals surface area contributed by atoms with Gasteiger partial charge in [-0.15, -0.1) is 0 Å². The van der Waals surface area contributed by atoms with Crippen molar-refractivity contribution in [2.75, 3.05) is 6.54 Å². The van der Waals surface area contributed by atoms with E-state index < -0.39 is 23.6 Å². The van der Waals surface area contributed by atoms with Crippen LogP contribution in [0.3, 0.4) is 0 Å². The number of hydrogen-bond donors (Lipinski definition) is 2. The maximum atomic E-state index is 11.5. The Morgan fingerprint density at radius 1 is 1.47 bits per heavy atom. The predicted molar refractivity (Wildman–Crippen MR) is 68.9 cm³/mol. The number of amides is 1. The summed E-state index contributed by atoms with van der Waals surface area (Å²) in [5.41, 5.74) is -0.0806. The maximum absolute atomic E-state index is 11.5. The Balaban J connectivity index is 2.62. The molecule has 0 fully saturated rings. The zero-order valence-corrected chi connectivity index (χ0v) is 11.2. The summed E-state index contributed by atoms with van der Waals surface area (Å²) in [7, 11) is 0. The van der Waals surface area contributed by atoms with E-state index in [1.807, 2.05) is 0 Å². The fourth-order valence-electron chi connectivity index (χ4n) is 1.43. The number of rotatable bonds is 4. The van der Waals surface area contributed by atoms with Gasteiger partial charge >= 0.3 is 12.1 Å². The number of carboxylic acid groups (broad SMARTS) is 1. The molecule has 6 nitrogen and oxygen atoms in total. The summed E-state index contributed by atoms with van der Waals surface area (Å²) >= 11 is 0. The van der Waals surface area contributed by atoms with E-state index in [2.05, 4.69) is 10.3 Å². The molecule has 1 rings (SSSR count). The van der Waals surface area contributed by atoms with Crippen LogP contribution < -0.4 is 5.32 Å². The van der Waals surface area contributed by atoms with Crippen molar-refractivity contribution in [2.45, 2.75) is 32.3 Å². The van der Waals surface area contributed by atoms with Crippen LogP contribution in [0.1, 0.15) is 32.3 Å². The molecular weight excluding hydrogens is 248 g/mol. The number of hydrogen-bond acceptors (Lipinski definition) is 4. The molecule has 19 heavy (non-hydrogen) atoms. The first-order chi connectivity index (χ1) is 8.79. The number of alkyl carbamates (subject to hydrolysis) is 1. The standard InChI is InChI=1S/C13H18N2O4/c1-13(2,3)19-12(18)15-8-10(11(16)17)9-5-4-6-14-7-9/h4-7,10H,8H2,1-3H3,(H,15,18)(H,16,17)/t10-/m0/s1. The first-order valence-electron chi connectivity index (χ1n) is 5.89. The molecule has 0 aliphatic heterocycles. The molecular formula is C13H18N2O4. The molecule has 1 aromatic heterocycles. The van der Waals surface area contributed by atoms with E-state index >= 15 is 0 Å². The van der Waals surface area contributed by atoms with E-state index in [9.17, 15) is 9.59 Å². The Hall–Kier alpha value is -2.11. The SMILES string of the molecule is CC(C)(C)OC(=O)NC[C@H](C(=O)O)c1cccnc1. The molecule has 0 aromatic carbocycles. The highest BCUT2D eigenvalue weighted by Crippen LogP contribution is 2.14. The second kappa shape index (κ2) is 6.17. The van der Waals surface area contributed by atoms with Crippen molar-refractivity contribution < 1.29 is 19.4 Å². The minimum atomic E-state index is -1.02. The Labute approximate surface area is 111 Å². The number of pyridine rings is 1. The van der Waals surface area contributed by atoms with Gasteiger partial charge in [0.15, 0.2) is 0 Å². The van der Waals surface area contributed by atoms with Crippen LogP contribution in [0.15, 0.2) is 24.5 Å². The van der Waals surface area contributed by atoms with Crippen LogP contribution in [-0.2, 0) is 9.53 Å². The van der Waals surface area contributed by atoms with Crippen molar-refractivity contribution in [3.05, 3.63) is 30.1 Å². The Morgan fingerprint density at radius 2 is 2.16 bits per heavy atom. The minimum absolute atomic E-state index is 0.0457. The number of ether oxygens (including phenoxy) is 1. The highest BCUT2D eigenvalue weighted by Gasteiger charge is 2.22. The van der Waals surface area contributed by atoms with E-state index in [-0.39, 0.29) is 6.54 Å². The summed E-state index contributed by atoms with van der Waals surface area (Å²) in [6.45, 7) is 5.17. The molecule has 0 saturated heterocycles. The van der Waals surface area contributed by atoms with Gasteiger partial charge < -0.3 is 15.2 Å². The average Bonchev–Trinajstić information content (AvgIpc) is 2.27. The van der Waals surface area contributed by atoms with Crippen molar-refractivity contribution >= 4 is 12.1 Å². The van der Waals surface area contributed by atoms with Crippen molar-refractivity contribution in [3.63, 3.8) is 0 Å². The second-order valence-corrected chi connectivity index (χ2v) is 5.06. The molecule has 0 saturated carbocycles. The third kappa shape index (κ3) is 5.37. The van der Waals surface area contributed by atoms with Crippen molar-refractivity contribution in [2.24, 2.45) is 0 Å². The van der Waals surface area contributed by atoms with Gasteiger partial charge in [-0.2, -0.15) is 0 Å². The molecule has 0 aliphatic rings. The number of nitrogens with zero attached hydrogens (tertiary/aromatic N) is 1. The number of carbonyl (C=O) groups is 2. The normalized spacial score (nSPS) is 12.6. The summed E-state index contributed by atoms with van der Waals surface area (Å²) in [5.74, 6) is -1.87. The first kappa shape index (κ1) is 14.9. The first-order valence-corrected chi connectivity index (χ1v) is 5.89. The summed E-state index contributed by atoms with van der Waals surface area (Å²) in [4.78, 5) is 26.5. The third-order valence-electron chi connectivity index (χ3n) is 2.23. The molecule has 0 radical (unpaired) electrons. The third-order valence-corrected chi connectivity index (χ3v) is 2.23. The molecule has 104 valence electrons. The van der Waals surface area contributed by atoms with Gasteiger partial charge in [-0.25, -0.2) is 4.79 Å². The lowest BCUT2D eigenvalue weighted by atomic mass is 10.0. The van der Waals surface area contributed by atoms with Gasteiger partial charge in [0.05, 0.1) is 0 Å². The van der Waals surface area contributed by atoms with Gasteiger partial charge in [-0.3, -0.25) is 9.78 Å². The topological polar surface area (TPSA) is 88.5 Å². The van der Waals surface area contributed by atoms with Crippen LogP contribution in [0.4, 0.5) is 4.79 Å². The molecule has 1 atom stereocenters. The fraction of sp³-hybridized carbons (Fsp3) is 0.462. The number of aliphatic carboxylic acids is 1. The number of aromatic nitrogens is 1. The van der Waals surface area contributed by atoms with Gasteiger partial charge in [0.25, 0.3) is 0 Å². The van der Waals surface area contributed by atoms with Crippen LogP contribution in [0.2, 0.25) is 0 Å². The maximum Gasteiger partial charge on any atom is 0.407 e. The average molecular weight is 266 g/mol. The fourth-order valence-corrected chi connectivity index (χ4v) is 1.43. The minimum Gasteiger partial charge on any atom is -0.481 e. The molecule has 6 heteroatoms. The summed E-state index contributed by atoms with van der Waals surface area (Å²) < 4.78 is 5.05. The van der Waals surface area contributed by atoms with E-state index in [0.717, 1.165) is 0 Å². The predicted octanol–water partition coefficient (Wildman–Crippen LogP) is 1.77. The molecule has 1 aromatic rings. The Morgan fingerprint density at radius 3 is 2.63 bits per heavy atom. The highest BCUT2D eigenvalue weighted by atomic mass is 16.6. The van der Waals surface area contributed by atoms with Crippen molar-refractivity contribution in [1.82, 2.24) is 10.3 Å². The quantitative estimate of drug-likeness (QED) is 0.867. The van der Waals surface area contributed by atoms with E-state index in [1.165, 1.54) is 6.20 Å². The van der Waals surface area contributed by atoms with Crippen LogP contribution in [0, 0.1) is 0 Å². The zero-order valence-electron chi connectivity index (χ0n) is 11.2. The highest BCUT2D eigenvalue weighted by molar-refractivity contribution is 5.77. The molecule has 1 heterocycles. The second-order valence-electron chi connectivity index (χ2n) is 5.06. The van der Waals surface area contributed by atoms with Crippen molar-refractivity contribution in [1.29, 1.82) is 0 Å². The molecule has 0 aliphatic carbocycles. The summed E-state index contributed by atoms with van der Waals surface area (Å²) in [5, 5.41) is 11.6. The molecule has 2 N–H and O–H groups in total. The van der Waals surface area contributed by atoms with Crippen LogP contribution in [0.25, 0.3) is 0 Å². The smallest absolute Gasteiger partial charge is 0.407 e. The van der Waals surface area contributed by atoms with Crippen LogP contribution >= 0.6 is 0 Å². The van der Waals surface area contributed by atoms with Gasteiger partial charge in [0, 0.05) is 18.9 Å². The number of carboxylic acids is 1. The molecule has 0 bridgehead atoms. The lowest BCUT2D eigenvalue weighted by Crippen LogP contribution is -2.36. The lowest BCUT2D eigenvalue weighted by Gasteiger charge is -2.20.